The number of aromatic hydroxyl groups is 1. The Kier molecular flexibility index (Phi) is 9.24. The second-order valence-corrected chi connectivity index (χ2v) is 14.1. The van der Waals surface area contributed by atoms with Gasteiger partial charge in [-0.15, -0.1) is 10.2 Å². The van der Waals surface area contributed by atoms with E-state index in [0.29, 0.717) is 5.75 Å². The predicted molar refractivity (Wildman–Crippen MR) is 153 cm³/mol. The van der Waals surface area contributed by atoms with Crippen molar-refractivity contribution in [2.45, 2.75) is 73.7 Å². The summed E-state index contributed by atoms with van der Waals surface area (Å²) >= 11 is 4.48. The number of carbonyl (C=O) groups excluding carboxylic acids is 1. The molecule has 2 N–H and O–H groups in total. The van der Waals surface area contributed by atoms with E-state index in [4.69, 9.17) is 0 Å². The Hall–Kier alpha value is -2.36. The molecule has 0 saturated heterocycles. The van der Waals surface area contributed by atoms with Gasteiger partial charge in [-0.3, -0.25) is 4.79 Å². The summed E-state index contributed by atoms with van der Waals surface area (Å²) in [5, 5.41) is 23.4. The molecule has 0 radical (unpaired) electrons. The van der Waals surface area contributed by atoms with Crippen LogP contribution in [0.5, 0.6) is 5.75 Å². The number of carbonyl (C=O) groups is 1. The topological polar surface area (TPSA) is 87.5 Å². The number of amides is 1. The lowest BCUT2D eigenvalue weighted by atomic mass is 9.78. The number of nitrogens with one attached hydrogen (secondary N) is 1. The smallest absolute Gasteiger partial charge is 0.250 e. The monoisotopic (exact) mass is 542 g/mol. The fourth-order valence-corrected chi connectivity index (χ4v) is 6.12. The summed E-state index contributed by atoms with van der Waals surface area (Å²) in [6.07, 6.45) is 1.62. The normalized spacial score (nSPS) is 12.3. The number of benzene rings is 2. The van der Waals surface area contributed by atoms with Crippen LogP contribution in [-0.2, 0) is 21.4 Å². The van der Waals surface area contributed by atoms with Gasteiger partial charge in [0.15, 0.2) is 8.68 Å². The zero-order valence-electron chi connectivity index (χ0n) is 21.9. The van der Waals surface area contributed by atoms with Gasteiger partial charge in [0.1, 0.15) is 5.75 Å². The zero-order chi connectivity index (χ0) is 26.5. The van der Waals surface area contributed by atoms with Crippen LogP contribution >= 0.6 is 34.9 Å². The van der Waals surface area contributed by atoms with Crippen molar-refractivity contribution in [3.63, 3.8) is 0 Å². The van der Waals surface area contributed by atoms with Crippen molar-refractivity contribution in [1.82, 2.24) is 15.6 Å². The lowest BCUT2D eigenvalue weighted by Gasteiger charge is -2.27. The van der Waals surface area contributed by atoms with Gasteiger partial charge in [0.2, 0.25) is 0 Å². The Morgan fingerprint density at radius 1 is 1.00 bits per heavy atom. The number of hydrogen-bond acceptors (Lipinski definition) is 8. The van der Waals surface area contributed by atoms with E-state index in [-0.39, 0.29) is 22.5 Å². The summed E-state index contributed by atoms with van der Waals surface area (Å²) in [6, 6.07) is 12.3. The van der Waals surface area contributed by atoms with Gasteiger partial charge < -0.3 is 5.11 Å². The minimum atomic E-state index is -0.229. The second kappa shape index (κ2) is 11.8. The number of phenols is 1. The van der Waals surface area contributed by atoms with Crippen molar-refractivity contribution < 1.29 is 9.90 Å². The first-order chi connectivity index (χ1) is 16.8. The van der Waals surface area contributed by atoms with Crippen molar-refractivity contribution in [2.24, 2.45) is 5.10 Å². The molecule has 2 aromatic carbocycles. The summed E-state index contributed by atoms with van der Waals surface area (Å²) < 4.78 is 1.64. The van der Waals surface area contributed by atoms with Gasteiger partial charge in [-0.25, -0.2) is 5.43 Å². The van der Waals surface area contributed by atoms with Crippen molar-refractivity contribution in [3.8, 4) is 5.75 Å². The summed E-state index contributed by atoms with van der Waals surface area (Å²) in [6.45, 7) is 14.5. The molecule has 0 unspecified atom stereocenters. The molecule has 0 saturated carbocycles. The minimum Gasteiger partial charge on any atom is -0.507 e. The van der Waals surface area contributed by atoms with Crippen LogP contribution in [0.4, 0.5) is 0 Å². The maximum atomic E-state index is 12.3. The molecule has 192 valence electrons. The molecule has 0 aliphatic carbocycles. The first kappa shape index (κ1) is 28.2. The third-order valence-corrected chi connectivity index (χ3v) is 8.61. The van der Waals surface area contributed by atoms with Crippen LogP contribution < -0.4 is 5.43 Å². The van der Waals surface area contributed by atoms with E-state index < -0.39 is 0 Å². The van der Waals surface area contributed by atoms with E-state index in [1.165, 1.54) is 34.2 Å². The van der Waals surface area contributed by atoms with Gasteiger partial charge in [-0.2, -0.15) is 5.10 Å². The molecule has 1 amide bonds. The summed E-state index contributed by atoms with van der Waals surface area (Å²) in [4.78, 5) is 12.3. The van der Waals surface area contributed by atoms with E-state index in [1.54, 1.807) is 18.0 Å². The maximum absolute atomic E-state index is 12.3. The Labute approximate surface area is 226 Å². The van der Waals surface area contributed by atoms with Crippen LogP contribution in [0.15, 0.2) is 50.2 Å². The molecule has 6 nitrogen and oxygen atoms in total. The third kappa shape index (κ3) is 8.08. The number of thioether (sulfide) groups is 2. The van der Waals surface area contributed by atoms with Crippen LogP contribution in [0.3, 0.4) is 0 Å². The predicted octanol–water partition coefficient (Wildman–Crippen LogP) is 6.68. The summed E-state index contributed by atoms with van der Waals surface area (Å²) in [7, 11) is 0. The van der Waals surface area contributed by atoms with E-state index in [1.807, 2.05) is 12.1 Å². The first-order valence-electron chi connectivity index (χ1n) is 11.7. The highest BCUT2D eigenvalue weighted by atomic mass is 32.2. The highest BCUT2D eigenvalue weighted by molar-refractivity contribution is 8.03. The number of phenolic OH excluding ortho intramolecular Hbond substituents is 1. The average Bonchev–Trinajstić information content (AvgIpc) is 3.24. The van der Waals surface area contributed by atoms with Crippen LogP contribution in [0.25, 0.3) is 0 Å². The van der Waals surface area contributed by atoms with E-state index in [2.05, 4.69) is 93.5 Å². The lowest BCUT2D eigenvalue weighted by Crippen LogP contribution is -2.20. The van der Waals surface area contributed by atoms with Crippen LogP contribution in [0.2, 0.25) is 0 Å². The Morgan fingerprint density at radius 2 is 1.56 bits per heavy atom. The molecular formula is C27H34N4O2S3. The SMILES string of the molecule is Cc1ccc(CSc2nnc(SCC(=O)N/N=C/c3cc(C(C)(C)C)c(O)c(C(C)(C)C)c3)s2)cc1. The highest BCUT2D eigenvalue weighted by Gasteiger charge is 2.26. The number of rotatable bonds is 8. The Balaban J connectivity index is 1.55. The molecule has 0 atom stereocenters. The number of hydrogen-bond donors (Lipinski definition) is 2. The zero-order valence-corrected chi connectivity index (χ0v) is 24.3. The van der Waals surface area contributed by atoms with Gasteiger partial charge in [0.25, 0.3) is 5.91 Å². The summed E-state index contributed by atoms with van der Waals surface area (Å²) in [5.74, 6) is 1.14. The molecule has 3 aromatic rings. The number of aromatic nitrogens is 2. The molecular weight excluding hydrogens is 509 g/mol. The fourth-order valence-electron chi connectivity index (χ4n) is 3.36. The van der Waals surface area contributed by atoms with E-state index in [9.17, 15) is 9.90 Å². The molecule has 0 spiro atoms. The molecule has 0 fully saturated rings. The quantitative estimate of drug-likeness (QED) is 0.187. The van der Waals surface area contributed by atoms with Crippen LogP contribution in [0.1, 0.15) is 69.4 Å². The van der Waals surface area contributed by atoms with Crippen LogP contribution in [0, 0.1) is 6.92 Å². The lowest BCUT2D eigenvalue weighted by molar-refractivity contribution is -0.118. The average molecular weight is 543 g/mol. The van der Waals surface area contributed by atoms with Crippen molar-refractivity contribution >= 4 is 47.0 Å². The molecule has 1 aromatic heterocycles. The van der Waals surface area contributed by atoms with Gasteiger partial charge in [0, 0.05) is 16.9 Å². The number of nitrogens with zero attached hydrogens (tertiary/aromatic N) is 3. The number of aryl methyl sites for hydroxylation is 1. The molecule has 0 aliphatic heterocycles. The van der Waals surface area contributed by atoms with Crippen molar-refractivity contribution in [1.29, 1.82) is 0 Å². The van der Waals surface area contributed by atoms with E-state index in [0.717, 1.165) is 31.1 Å². The largest absolute Gasteiger partial charge is 0.507 e. The standard InChI is InChI=1S/C27H34N4O2S3/c1-17-8-10-18(11-9-17)15-34-24-30-31-25(36-24)35-16-22(32)29-28-14-19-12-20(26(2,3)4)23(33)21(13-19)27(5,6)7/h8-14,33H,15-16H2,1-7H3,(H,29,32)/b28-14+. The Bertz CT molecular complexity index is 1190. The van der Waals surface area contributed by atoms with Gasteiger partial charge in [-0.05, 0) is 41.0 Å². The van der Waals surface area contributed by atoms with Gasteiger partial charge in [0.05, 0.1) is 12.0 Å². The molecule has 1 heterocycles. The summed E-state index contributed by atoms with van der Waals surface area (Å²) in [5.41, 5.74) is 7.15. The first-order valence-corrected chi connectivity index (χ1v) is 14.5. The van der Waals surface area contributed by atoms with Crippen LogP contribution in [-0.4, -0.2) is 33.2 Å². The highest BCUT2D eigenvalue weighted by Crippen LogP contribution is 2.39. The molecule has 36 heavy (non-hydrogen) atoms. The molecule has 0 aliphatic rings. The maximum Gasteiger partial charge on any atom is 0.250 e. The second-order valence-electron chi connectivity index (χ2n) is 10.7. The molecule has 3 rings (SSSR count). The van der Waals surface area contributed by atoms with Gasteiger partial charge in [-0.1, -0.05) is 106 Å². The fraction of sp³-hybridized carbons (Fsp3) is 0.407. The minimum absolute atomic E-state index is 0.199. The van der Waals surface area contributed by atoms with Crippen molar-refractivity contribution in [2.75, 3.05) is 5.75 Å². The molecule has 9 heteroatoms. The molecule has 0 bridgehead atoms. The number of hydrazone groups is 1. The van der Waals surface area contributed by atoms with Gasteiger partial charge >= 0.3 is 0 Å². The third-order valence-electron chi connectivity index (χ3n) is 5.35. The Morgan fingerprint density at radius 3 is 2.11 bits per heavy atom. The van der Waals surface area contributed by atoms with E-state index >= 15 is 0 Å². The van der Waals surface area contributed by atoms with Crippen molar-refractivity contribution in [3.05, 3.63) is 64.2 Å².